The second kappa shape index (κ2) is 83.2. The average molecular weight is 1320 g/mol. The van der Waals surface area contributed by atoms with Gasteiger partial charge < -0.3 is 20.3 Å². The molecule has 0 fully saturated rings. The lowest BCUT2D eigenvalue weighted by molar-refractivity contribution is -0.143. The summed E-state index contributed by atoms with van der Waals surface area (Å²) >= 11 is 0. The zero-order valence-corrected chi connectivity index (χ0v) is 63.7. The number of carbonyl (C=O) groups excluding carboxylic acids is 2. The molecule has 3 N–H and O–H groups in total. The Balaban J connectivity index is 3.34. The molecule has 0 aliphatic rings. The van der Waals surface area contributed by atoms with Crippen LogP contribution >= 0.6 is 0 Å². The van der Waals surface area contributed by atoms with Gasteiger partial charge in [0.15, 0.2) is 0 Å². The van der Waals surface area contributed by atoms with Crippen molar-refractivity contribution in [3.05, 3.63) is 48.6 Å². The minimum absolute atomic E-state index is 0.0156. The Morgan fingerprint density at radius 3 is 0.830 bits per heavy atom. The fraction of sp³-hybridized carbons (Fsp3) is 0.886. The number of amides is 1. The standard InChI is InChI=1S/C88H167NO5/c1-3-5-7-9-11-13-15-17-19-21-23-45-48-52-56-60-64-68-72-76-80-86(91)85(84-90)89-87(92)81-77-73-69-65-61-57-53-49-46-43-41-39-37-35-33-31-29-27-25-24-26-28-30-32-34-36-38-40-42-44-47-51-55-59-63-67-71-75-79-83-94-88(93)82-78-74-70-66-62-58-54-50-22-20-18-16-14-12-10-8-6-4-2/h14,16,20,22,24-25,76,80,85-86,90-91H,3-13,15,17-19,21,23,26-75,77-79,81-84H2,1-2H3,(H,89,92)/b16-14-,22-20-,25-24-,80-76+. The van der Waals surface area contributed by atoms with Crippen LogP contribution in [-0.2, 0) is 14.3 Å². The fourth-order valence-electron chi connectivity index (χ4n) is 13.5. The van der Waals surface area contributed by atoms with E-state index in [1.54, 1.807) is 6.08 Å². The molecule has 2 atom stereocenters. The lowest BCUT2D eigenvalue weighted by Crippen LogP contribution is -2.45. The van der Waals surface area contributed by atoms with Gasteiger partial charge in [0.1, 0.15) is 0 Å². The normalized spacial score (nSPS) is 12.7. The molecule has 0 aliphatic carbocycles. The van der Waals surface area contributed by atoms with Gasteiger partial charge in [-0.05, 0) is 89.9 Å². The second-order valence-electron chi connectivity index (χ2n) is 29.5. The van der Waals surface area contributed by atoms with E-state index in [9.17, 15) is 19.8 Å². The first kappa shape index (κ1) is 91.8. The molecule has 0 saturated carbocycles. The summed E-state index contributed by atoms with van der Waals surface area (Å²) in [5.41, 5.74) is 0. The van der Waals surface area contributed by atoms with E-state index in [1.165, 1.54) is 398 Å². The van der Waals surface area contributed by atoms with Gasteiger partial charge in [-0.3, -0.25) is 9.59 Å². The monoisotopic (exact) mass is 1320 g/mol. The topological polar surface area (TPSA) is 95.9 Å². The van der Waals surface area contributed by atoms with Crippen LogP contribution in [-0.4, -0.2) is 47.4 Å². The molecule has 0 radical (unpaired) electrons. The van der Waals surface area contributed by atoms with Gasteiger partial charge in [0.2, 0.25) is 5.91 Å². The molecule has 6 heteroatoms. The molecule has 94 heavy (non-hydrogen) atoms. The van der Waals surface area contributed by atoms with Crippen LogP contribution in [0, 0.1) is 0 Å². The molecule has 554 valence electrons. The van der Waals surface area contributed by atoms with Crippen LogP contribution in [0.4, 0.5) is 0 Å². The highest BCUT2D eigenvalue weighted by atomic mass is 16.5. The largest absolute Gasteiger partial charge is 0.466 e. The molecule has 0 bridgehead atoms. The molecule has 0 aromatic rings. The zero-order valence-electron chi connectivity index (χ0n) is 63.7. The number of unbranched alkanes of at least 4 members (excludes halogenated alkanes) is 64. The van der Waals surface area contributed by atoms with Crippen LogP contribution in [0.1, 0.15) is 476 Å². The number of nitrogens with one attached hydrogen (secondary N) is 1. The molecule has 0 aromatic heterocycles. The Bertz CT molecular complexity index is 1570. The van der Waals surface area contributed by atoms with E-state index in [2.05, 4.69) is 55.6 Å². The number of aliphatic hydroxyl groups excluding tert-OH is 2. The summed E-state index contributed by atoms with van der Waals surface area (Å²) in [7, 11) is 0. The van der Waals surface area contributed by atoms with Crippen LogP contribution in [0.2, 0.25) is 0 Å². The third kappa shape index (κ3) is 78.8. The van der Waals surface area contributed by atoms with Crippen molar-refractivity contribution >= 4 is 11.9 Å². The Morgan fingerprint density at radius 2 is 0.532 bits per heavy atom. The van der Waals surface area contributed by atoms with E-state index < -0.39 is 12.1 Å². The van der Waals surface area contributed by atoms with Crippen molar-refractivity contribution in [1.82, 2.24) is 5.32 Å². The molecule has 0 aliphatic heterocycles. The third-order valence-corrected chi connectivity index (χ3v) is 20.1. The maximum atomic E-state index is 12.5. The summed E-state index contributed by atoms with van der Waals surface area (Å²) in [6.07, 6.45) is 111. The van der Waals surface area contributed by atoms with Crippen molar-refractivity contribution in [3.63, 3.8) is 0 Å². The van der Waals surface area contributed by atoms with Crippen molar-refractivity contribution in [3.8, 4) is 0 Å². The highest BCUT2D eigenvalue weighted by Crippen LogP contribution is 2.20. The van der Waals surface area contributed by atoms with Crippen LogP contribution in [0.5, 0.6) is 0 Å². The second-order valence-corrected chi connectivity index (χ2v) is 29.5. The van der Waals surface area contributed by atoms with Crippen molar-refractivity contribution < 1.29 is 24.5 Å². The Hall–Kier alpha value is -2.18. The predicted molar refractivity (Wildman–Crippen MR) is 416 cm³/mol. The number of hydrogen-bond donors (Lipinski definition) is 3. The van der Waals surface area contributed by atoms with E-state index in [4.69, 9.17) is 4.74 Å². The molecule has 0 saturated heterocycles. The summed E-state index contributed by atoms with van der Waals surface area (Å²) < 4.78 is 5.51. The van der Waals surface area contributed by atoms with Crippen molar-refractivity contribution in [2.24, 2.45) is 0 Å². The zero-order chi connectivity index (χ0) is 67.7. The summed E-state index contributed by atoms with van der Waals surface area (Å²) in [5.74, 6) is -0.0437. The minimum Gasteiger partial charge on any atom is -0.466 e. The van der Waals surface area contributed by atoms with Crippen LogP contribution < -0.4 is 5.32 Å². The average Bonchev–Trinajstić information content (AvgIpc) is 3.37. The predicted octanol–water partition coefficient (Wildman–Crippen LogP) is 28.7. The van der Waals surface area contributed by atoms with Gasteiger partial charge in [-0.1, -0.05) is 422 Å². The Labute approximate surface area is 588 Å². The summed E-state index contributed by atoms with van der Waals surface area (Å²) in [5, 5.41) is 23.3. The van der Waals surface area contributed by atoms with Crippen molar-refractivity contribution in [2.75, 3.05) is 13.2 Å². The number of esters is 1. The van der Waals surface area contributed by atoms with E-state index in [-0.39, 0.29) is 18.5 Å². The lowest BCUT2D eigenvalue weighted by atomic mass is 10.0. The van der Waals surface area contributed by atoms with Gasteiger partial charge in [-0.2, -0.15) is 0 Å². The van der Waals surface area contributed by atoms with Gasteiger partial charge in [-0.15, -0.1) is 0 Å². The minimum atomic E-state index is -0.843. The number of rotatable bonds is 81. The summed E-state index contributed by atoms with van der Waals surface area (Å²) in [4.78, 5) is 24.7. The third-order valence-electron chi connectivity index (χ3n) is 20.1. The molecule has 6 nitrogen and oxygen atoms in total. The van der Waals surface area contributed by atoms with Gasteiger partial charge in [0.05, 0.1) is 25.4 Å². The number of carbonyl (C=O) groups is 2. The maximum absolute atomic E-state index is 12.5. The fourth-order valence-corrected chi connectivity index (χ4v) is 13.5. The molecule has 0 rings (SSSR count). The Morgan fingerprint density at radius 1 is 0.298 bits per heavy atom. The first-order valence-electron chi connectivity index (χ1n) is 42.9. The SMILES string of the molecule is CCCCCC/C=C\C/C=C\CCCCCCCCCC(=O)OCCCCCCCCCCCCCCCCCCCC/C=C\CCCCCCCCCCCCCCCCCCCC(=O)NC(CO)C(O)/C=C/CCCCCCCCCCCCCCCCCCCC. The molecular weight excluding hydrogens is 1150 g/mol. The van der Waals surface area contributed by atoms with Crippen LogP contribution in [0.15, 0.2) is 48.6 Å². The molecule has 0 aromatic carbocycles. The highest BCUT2D eigenvalue weighted by Gasteiger charge is 2.18. The maximum Gasteiger partial charge on any atom is 0.305 e. The van der Waals surface area contributed by atoms with Crippen molar-refractivity contribution in [1.29, 1.82) is 0 Å². The molecule has 0 heterocycles. The van der Waals surface area contributed by atoms with E-state index in [0.29, 0.717) is 19.4 Å². The highest BCUT2D eigenvalue weighted by molar-refractivity contribution is 5.76. The summed E-state index contributed by atoms with van der Waals surface area (Å²) in [6.45, 7) is 4.94. The number of aliphatic hydroxyl groups is 2. The quantitative estimate of drug-likeness (QED) is 0.0320. The van der Waals surface area contributed by atoms with Crippen molar-refractivity contribution in [2.45, 2.75) is 488 Å². The molecule has 2 unspecified atom stereocenters. The number of hydrogen-bond acceptors (Lipinski definition) is 5. The first-order chi connectivity index (χ1) is 46.5. The van der Waals surface area contributed by atoms with Crippen LogP contribution in [0.3, 0.4) is 0 Å². The number of allylic oxidation sites excluding steroid dienone is 7. The van der Waals surface area contributed by atoms with Gasteiger partial charge in [0, 0.05) is 12.8 Å². The van der Waals surface area contributed by atoms with Crippen LogP contribution in [0.25, 0.3) is 0 Å². The van der Waals surface area contributed by atoms with Gasteiger partial charge >= 0.3 is 5.97 Å². The molecular formula is C88H167NO5. The van der Waals surface area contributed by atoms with Gasteiger partial charge in [0.25, 0.3) is 0 Å². The lowest BCUT2D eigenvalue weighted by Gasteiger charge is -2.20. The molecule has 0 spiro atoms. The smallest absolute Gasteiger partial charge is 0.305 e. The van der Waals surface area contributed by atoms with E-state index >= 15 is 0 Å². The molecule has 1 amide bonds. The van der Waals surface area contributed by atoms with E-state index in [0.717, 1.165) is 51.4 Å². The summed E-state index contributed by atoms with van der Waals surface area (Å²) in [6, 6.07) is -0.626. The Kier molecular flexibility index (Phi) is 81.3. The number of ether oxygens (including phenoxy) is 1. The first-order valence-corrected chi connectivity index (χ1v) is 42.9. The van der Waals surface area contributed by atoms with E-state index in [1.807, 2.05) is 6.08 Å². The van der Waals surface area contributed by atoms with Gasteiger partial charge in [-0.25, -0.2) is 0 Å².